The molecule has 0 spiro atoms. The van der Waals surface area contributed by atoms with Gasteiger partial charge in [-0.1, -0.05) is 19.1 Å². The Morgan fingerprint density at radius 3 is 2.71 bits per heavy atom. The molecule has 2 aromatic rings. The molecule has 2 amide bonds. The van der Waals surface area contributed by atoms with E-state index in [0.29, 0.717) is 17.2 Å². The molecule has 0 bridgehead atoms. The van der Waals surface area contributed by atoms with E-state index in [9.17, 15) is 18.0 Å². The Kier molecular flexibility index (Phi) is 5.55. The van der Waals surface area contributed by atoms with Gasteiger partial charge in [-0.25, -0.2) is 8.42 Å². The zero-order valence-corrected chi connectivity index (χ0v) is 16.3. The molecule has 0 fully saturated rings. The fraction of sp³-hybridized carbons (Fsp3) is 0.263. The van der Waals surface area contributed by atoms with E-state index in [2.05, 4.69) is 5.32 Å². The summed E-state index contributed by atoms with van der Waals surface area (Å²) in [4.78, 5) is 26.2. The number of hydrogen-bond acceptors (Lipinski definition) is 6. The van der Waals surface area contributed by atoms with Gasteiger partial charge >= 0.3 is 0 Å². The van der Waals surface area contributed by atoms with Crippen LogP contribution in [0.5, 0.6) is 11.5 Å². The van der Waals surface area contributed by atoms with Gasteiger partial charge in [-0.2, -0.15) is 0 Å². The van der Waals surface area contributed by atoms with Gasteiger partial charge in [0.05, 0.1) is 29.1 Å². The van der Waals surface area contributed by atoms with Gasteiger partial charge in [0.1, 0.15) is 18.0 Å². The molecule has 0 unspecified atom stereocenters. The van der Waals surface area contributed by atoms with Crippen molar-refractivity contribution in [3.05, 3.63) is 42.5 Å². The molecule has 0 radical (unpaired) electrons. The van der Waals surface area contributed by atoms with Crippen LogP contribution in [-0.4, -0.2) is 46.2 Å². The Hall–Kier alpha value is -3.07. The highest BCUT2D eigenvalue weighted by molar-refractivity contribution is 7.91. The zero-order valence-electron chi connectivity index (χ0n) is 15.5. The minimum Gasteiger partial charge on any atom is -0.495 e. The number of amides is 2. The molecule has 1 aliphatic heterocycles. The summed E-state index contributed by atoms with van der Waals surface area (Å²) < 4.78 is 34.9. The van der Waals surface area contributed by atoms with Crippen molar-refractivity contribution in [1.82, 2.24) is 0 Å². The third kappa shape index (κ3) is 3.94. The molecule has 1 N–H and O–H groups in total. The topological polar surface area (TPSA) is 102 Å². The lowest BCUT2D eigenvalue weighted by Crippen LogP contribution is -2.43. The van der Waals surface area contributed by atoms with Crippen molar-refractivity contribution in [3.8, 4) is 11.5 Å². The quantitative estimate of drug-likeness (QED) is 0.788. The first-order valence-electron chi connectivity index (χ1n) is 8.58. The molecule has 28 heavy (non-hydrogen) atoms. The number of methoxy groups -OCH3 is 1. The van der Waals surface area contributed by atoms with Crippen molar-refractivity contribution in [2.45, 2.75) is 11.8 Å². The molecule has 148 valence electrons. The number of nitrogens with one attached hydrogen (secondary N) is 1. The monoisotopic (exact) mass is 404 g/mol. The maximum absolute atomic E-state index is 12.5. The summed E-state index contributed by atoms with van der Waals surface area (Å²) in [6.07, 6.45) is 0. The van der Waals surface area contributed by atoms with E-state index >= 15 is 0 Å². The number of anilines is 2. The van der Waals surface area contributed by atoms with Crippen molar-refractivity contribution >= 4 is 33.0 Å². The summed E-state index contributed by atoms with van der Waals surface area (Å²) in [5.74, 6) is -0.127. The number of para-hydroxylation sites is 2. The molecular weight excluding hydrogens is 384 g/mol. The molecular formula is C19H20N2O6S. The van der Waals surface area contributed by atoms with Crippen LogP contribution in [0.25, 0.3) is 0 Å². The van der Waals surface area contributed by atoms with Crippen molar-refractivity contribution in [3.63, 3.8) is 0 Å². The largest absolute Gasteiger partial charge is 0.495 e. The molecule has 1 aliphatic rings. The summed E-state index contributed by atoms with van der Waals surface area (Å²) >= 11 is 0. The van der Waals surface area contributed by atoms with Crippen LogP contribution in [0, 0.1) is 0 Å². The SMILES string of the molecule is CCS(=O)(=O)c1ccc2c(c1)N(CC(=O)Nc1ccccc1OC)C(=O)CO2. The summed E-state index contributed by atoms with van der Waals surface area (Å²) in [6, 6.07) is 11.2. The summed E-state index contributed by atoms with van der Waals surface area (Å²) in [7, 11) is -1.98. The number of rotatable bonds is 6. The molecule has 0 aliphatic carbocycles. The van der Waals surface area contributed by atoms with Crippen LogP contribution < -0.4 is 19.7 Å². The average Bonchev–Trinajstić information content (AvgIpc) is 2.70. The Morgan fingerprint density at radius 1 is 1.25 bits per heavy atom. The van der Waals surface area contributed by atoms with E-state index in [1.165, 1.54) is 37.1 Å². The van der Waals surface area contributed by atoms with E-state index in [1.54, 1.807) is 24.3 Å². The Labute approximate surface area is 163 Å². The van der Waals surface area contributed by atoms with Gasteiger partial charge < -0.3 is 14.8 Å². The van der Waals surface area contributed by atoms with Gasteiger partial charge in [0.15, 0.2) is 16.4 Å². The third-order valence-electron chi connectivity index (χ3n) is 4.30. The van der Waals surface area contributed by atoms with Crippen LogP contribution in [0.1, 0.15) is 6.92 Å². The minimum atomic E-state index is -3.47. The fourth-order valence-corrected chi connectivity index (χ4v) is 3.70. The van der Waals surface area contributed by atoms with Gasteiger partial charge in [0.2, 0.25) is 5.91 Å². The van der Waals surface area contributed by atoms with Crippen LogP contribution in [-0.2, 0) is 19.4 Å². The zero-order chi connectivity index (χ0) is 20.3. The molecule has 0 aromatic heterocycles. The second kappa shape index (κ2) is 7.89. The maximum Gasteiger partial charge on any atom is 0.265 e. The molecule has 8 nitrogen and oxygen atoms in total. The fourth-order valence-electron chi connectivity index (χ4n) is 2.80. The predicted octanol–water partition coefficient (Wildman–Crippen LogP) is 1.85. The lowest BCUT2D eigenvalue weighted by molar-refractivity contribution is -0.123. The van der Waals surface area contributed by atoms with Crippen molar-refractivity contribution in [2.24, 2.45) is 0 Å². The first-order chi connectivity index (χ1) is 13.4. The highest BCUT2D eigenvalue weighted by Gasteiger charge is 2.29. The van der Waals surface area contributed by atoms with Gasteiger partial charge in [-0.05, 0) is 30.3 Å². The molecule has 0 atom stereocenters. The number of fused-ring (bicyclic) bond motifs is 1. The first kappa shape index (κ1) is 19.7. The maximum atomic E-state index is 12.5. The highest BCUT2D eigenvalue weighted by Crippen LogP contribution is 2.34. The van der Waals surface area contributed by atoms with Crippen LogP contribution in [0.15, 0.2) is 47.4 Å². The lowest BCUT2D eigenvalue weighted by Gasteiger charge is -2.29. The van der Waals surface area contributed by atoms with Crippen molar-refractivity contribution in [2.75, 3.05) is 36.2 Å². The predicted molar refractivity (Wildman–Crippen MR) is 104 cm³/mol. The van der Waals surface area contributed by atoms with Gasteiger partial charge in [0.25, 0.3) is 5.91 Å². The highest BCUT2D eigenvalue weighted by atomic mass is 32.2. The van der Waals surface area contributed by atoms with Crippen LogP contribution >= 0.6 is 0 Å². The van der Waals surface area contributed by atoms with E-state index in [1.807, 2.05) is 0 Å². The second-order valence-corrected chi connectivity index (χ2v) is 8.33. The summed E-state index contributed by atoms with van der Waals surface area (Å²) in [6.45, 7) is 1.02. The smallest absolute Gasteiger partial charge is 0.265 e. The van der Waals surface area contributed by atoms with E-state index in [0.717, 1.165) is 0 Å². The lowest BCUT2D eigenvalue weighted by atomic mass is 10.2. The van der Waals surface area contributed by atoms with E-state index in [-0.39, 0.29) is 29.5 Å². The van der Waals surface area contributed by atoms with Crippen LogP contribution in [0.2, 0.25) is 0 Å². The van der Waals surface area contributed by atoms with Gasteiger partial charge in [-0.15, -0.1) is 0 Å². The molecule has 0 saturated carbocycles. The molecule has 3 rings (SSSR count). The van der Waals surface area contributed by atoms with E-state index < -0.39 is 21.7 Å². The number of carbonyl (C=O) groups is 2. The Bertz CT molecular complexity index is 1020. The van der Waals surface area contributed by atoms with Crippen molar-refractivity contribution < 1.29 is 27.5 Å². The second-order valence-electron chi connectivity index (χ2n) is 6.05. The molecule has 2 aromatic carbocycles. The van der Waals surface area contributed by atoms with Crippen LogP contribution in [0.3, 0.4) is 0 Å². The number of ether oxygens (including phenoxy) is 2. The molecule has 1 heterocycles. The molecule has 0 saturated heterocycles. The van der Waals surface area contributed by atoms with Crippen molar-refractivity contribution in [1.29, 1.82) is 0 Å². The van der Waals surface area contributed by atoms with Gasteiger partial charge in [0, 0.05) is 0 Å². The average molecular weight is 404 g/mol. The van der Waals surface area contributed by atoms with Crippen LogP contribution in [0.4, 0.5) is 11.4 Å². The number of hydrogen-bond donors (Lipinski definition) is 1. The van der Waals surface area contributed by atoms with Gasteiger partial charge in [-0.3, -0.25) is 14.5 Å². The number of carbonyl (C=O) groups excluding carboxylic acids is 2. The molecule has 9 heteroatoms. The Morgan fingerprint density at radius 2 is 2.00 bits per heavy atom. The minimum absolute atomic E-state index is 0.0715. The number of benzene rings is 2. The number of nitrogens with zero attached hydrogens (tertiary/aromatic N) is 1. The standard InChI is InChI=1S/C19H20N2O6S/c1-3-28(24,25)13-8-9-17-15(10-13)21(19(23)12-27-17)11-18(22)20-14-6-4-5-7-16(14)26-2/h4-10H,3,11-12H2,1-2H3,(H,20,22). The first-order valence-corrected chi connectivity index (χ1v) is 10.2. The normalized spacial score (nSPS) is 13.5. The summed E-state index contributed by atoms with van der Waals surface area (Å²) in [5, 5.41) is 2.70. The third-order valence-corrected chi connectivity index (χ3v) is 6.03. The van der Waals surface area contributed by atoms with E-state index in [4.69, 9.17) is 9.47 Å². The Balaban J connectivity index is 1.87. The summed E-state index contributed by atoms with van der Waals surface area (Å²) in [5.41, 5.74) is 0.721. The number of sulfone groups is 1.